The summed E-state index contributed by atoms with van der Waals surface area (Å²) in [6, 6.07) is 1.53. The van der Waals surface area contributed by atoms with Crippen molar-refractivity contribution in [3.63, 3.8) is 0 Å². The molecule has 0 aliphatic rings. The molecule has 0 radical (unpaired) electrons. The molecule has 5 nitrogen and oxygen atoms in total. The van der Waals surface area contributed by atoms with Gasteiger partial charge in [-0.15, -0.1) is 0 Å². The van der Waals surface area contributed by atoms with Gasteiger partial charge in [0, 0.05) is 11.6 Å². The second-order valence-corrected chi connectivity index (χ2v) is 4.59. The summed E-state index contributed by atoms with van der Waals surface area (Å²) in [5.41, 5.74) is 10.0. The SMILES string of the molecule is COC(=O)C(C)(C)[C@@H](N)c1ccc(F)c(N)c1O. The molecule has 1 rings (SSSR count). The first kappa shape index (κ1) is 14.2. The van der Waals surface area contributed by atoms with Gasteiger partial charge < -0.3 is 21.3 Å². The minimum Gasteiger partial charge on any atom is -0.505 e. The lowest BCUT2D eigenvalue weighted by atomic mass is 9.80. The number of rotatable bonds is 3. The van der Waals surface area contributed by atoms with Gasteiger partial charge in [0.25, 0.3) is 0 Å². The maximum Gasteiger partial charge on any atom is 0.313 e. The van der Waals surface area contributed by atoms with E-state index in [2.05, 4.69) is 4.74 Å². The second-order valence-electron chi connectivity index (χ2n) is 4.59. The predicted molar refractivity (Wildman–Crippen MR) is 65.2 cm³/mol. The van der Waals surface area contributed by atoms with Crippen molar-refractivity contribution in [3.8, 4) is 5.75 Å². The average molecular weight is 256 g/mol. The third-order valence-electron chi connectivity index (χ3n) is 3.02. The lowest BCUT2D eigenvalue weighted by Gasteiger charge is -2.29. The molecule has 100 valence electrons. The molecule has 0 aliphatic carbocycles. The van der Waals surface area contributed by atoms with Crippen LogP contribution in [0.25, 0.3) is 0 Å². The van der Waals surface area contributed by atoms with E-state index < -0.39 is 29.0 Å². The minimum absolute atomic E-state index is 0.198. The zero-order valence-corrected chi connectivity index (χ0v) is 10.5. The van der Waals surface area contributed by atoms with E-state index in [0.29, 0.717) is 0 Å². The van der Waals surface area contributed by atoms with Crippen LogP contribution in [0.3, 0.4) is 0 Å². The molecular formula is C12H17FN2O3. The van der Waals surface area contributed by atoms with Crippen molar-refractivity contribution < 1.29 is 19.0 Å². The number of halogens is 1. The highest BCUT2D eigenvalue weighted by molar-refractivity contribution is 5.77. The number of methoxy groups -OCH3 is 1. The third-order valence-corrected chi connectivity index (χ3v) is 3.02. The number of nitrogen functional groups attached to an aromatic ring is 1. The summed E-state index contributed by atoms with van der Waals surface area (Å²) in [6.45, 7) is 3.14. The van der Waals surface area contributed by atoms with Gasteiger partial charge in [-0.05, 0) is 19.9 Å². The van der Waals surface area contributed by atoms with Gasteiger partial charge in [0.15, 0.2) is 0 Å². The molecule has 18 heavy (non-hydrogen) atoms. The Kier molecular flexibility index (Phi) is 3.81. The average Bonchev–Trinajstić information content (AvgIpc) is 2.34. The van der Waals surface area contributed by atoms with E-state index in [0.717, 1.165) is 6.07 Å². The maximum absolute atomic E-state index is 13.1. The fourth-order valence-electron chi connectivity index (χ4n) is 1.63. The highest BCUT2D eigenvalue weighted by atomic mass is 19.1. The topological polar surface area (TPSA) is 98.6 Å². The van der Waals surface area contributed by atoms with Crippen molar-refractivity contribution in [1.82, 2.24) is 0 Å². The molecule has 0 saturated carbocycles. The zero-order chi connectivity index (χ0) is 14.1. The molecule has 1 aromatic carbocycles. The van der Waals surface area contributed by atoms with Crippen LogP contribution in [0.1, 0.15) is 25.5 Å². The molecule has 0 bridgehead atoms. The summed E-state index contributed by atoms with van der Waals surface area (Å²) in [5, 5.41) is 9.77. The van der Waals surface area contributed by atoms with E-state index in [1.165, 1.54) is 13.2 Å². The van der Waals surface area contributed by atoms with Crippen molar-refractivity contribution in [2.45, 2.75) is 19.9 Å². The number of benzene rings is 1. The van der Waals surface area contributed by atoms with Crippen LogP contribution < -0.4 is 11.5 Å². The van der Waals surface area contributed by atoms with Crippen molar-refractivity contribution in [2.75, 3.05) is 12.8 Å². The van der Waals surface area contributed by atoms with Crippen molar-refractivity contribution in [2.24, 2.45) is 11.1 Å². The van der Waals surface area contributed by atoms with Crippen LogP contribution in [0.5, 0.6) is 5.75 Å². The molecule has 0 saturated heterocycles. The molecule has 1 aromatic rings. The van der Waals surface area contributed by atoms with Gasteiger partial charge in [0.05, 0.1) is 12.5 Å². The molecule has 0 fully saturated rings. The van der Waals surface area contributed by atoms with E-state index in [1.807, 2.05) is 0 Å². The summed E-state index contributed by atoms with van der Waals surface area (Å²) in [4.78, 5) is 11.6. The Balaban J connectivity index is 3.23. The Hall–Kier alpha value is -1.82. The Morgan fingerprint density at radius 2 is 2.06 bits per heavy atom. The molecule has 1 atom stereocenters. The Morgan fingerprint density at radius 1 is 1.50 bits per heavy atom. The number of hydrogen-bond acceptors (Lipinski definition) is 5. The molecule has 0 heterocycles. The fourth-order valence-corrected chi connectivity index (χ4v) is 1.63. The van der Waals surface area contributed by atoms with E-state index in [9.17, 15) is 14.3 Å². The number of phenolic OH excluding ortho intramolecular Hbond substituents is 1. The molecule has 0 unspecified atom stereocenters. The highest BCUT2D eigenvalue weighted by Gasteiger charge is 2.38. The summed E-state index contributed by atoms with van der Waals surface area (Å²) in [5.74, 6) is -1.71. The number of ether oxygens (including phenoxy) is 1. The van der Waals surface area contributed by atoms with Crippen LogP contribution >= 0.6 is 0 Å². The summed E-state index contributed by atoms with van der Waals surface area (Å²) in [7, 11) is 1.25. The van der Waals surface area contributed by atoms with Crippen LogP contribution in [0.4, 0.5) is 10.1 Å². The first-order chi connectivity index (χ1) is 8.23. The van der Waals surface area contributed by atoms with Crippen molar-refractivity contribution >= 4 is 11.7 Å². The number of esters is 1. The molecule has 0 aliphatic heterocycles. The van der Waals surface area contributed by atoms with Crippen LogP contribution in [0, 0.1) is 11.2 Å². The lowest BCUT2D eigenvalue weighted by Crippen LogP contribution is -2.37. The van der Waals surface area contributed by atoms with Gasteiger partial charge in [-0.1, -0.05) is 6.07 Å². The molecule has 5 N–H and O–H groups in total. The molecular weight excluding hydrogens is 239 g/mol. The molecule has 0 aromatic heterocycles. The van der Waals surface area contributed by atoms with Gasteiger partial charge in [0.2, 0.25) is 0 Å². The van der Waals surface area contributed by atoms with Gasteiger partial charge in [-0.25, -0.2) is 4.39 Å². The Morgan fingerprint density at radius 3 is 2.56 bits per heavy atom. The highest BCUT2D eigenvalue weighted by Crippen LogP contribution is 2.39. The number of anilines is 1. The molecule has 6 heteroatoms. The number of carbonyl (C=O) groups is 1. The van der Waals surface area contributed by atoms with Gasteiger partial charge in [-0.3, -0.25) is 4.79 Å². The van der Waals surface area contributed by atoms with Crippen LogP contribution in [0.15, 0.2) is 12.1 Å². The molecule has 0 amide bonds. The fraction of sp³-hybridized carbons (Fsp3) is 0.417. The number of aromatic hydroxyl groups is 1. The number of phenols is 1. The number of hydrogen-bond donors (Lipinski definition) is 3. The van der Waals surface area contributed by atoms with Crippen LogP contribution in [-0.2, 0) is 9.53 Å². The first-order valence-corrected chi connectivity index (χ1v) is 5.34. The van der Waals surface area contributed by atoms with E-state index in [4.69, 9.17) is 11.5 Å². The standard InChI is InChI=1S/C12H17FN2O3/c1-12(2,11(17)18-3)10(15)6-4-5-7(13)8(14)9(6)16/h4-5,10,16H,14-15H2,1-3H3/t10-/m0/s1. The second kappa shape index (κ2) is 4.81. The smallest absolute Gasteiger partial charge is 0.313 e. The van der Waals surface area contributed by atoms with Crippen molar-refractivity contribution in [3.05, 3.63) is 23.5 Å². The number of nitrogens with two attached hydrogens (primary N) is 2. The van der Waals surface area contributed by atoms with E-state index in [1.54, 1.807) is 13.8 Å². The monoisotopic (exact) mass is 256 g/mol. The summed E-state index contributed by atoms with van der Waals surface area (Å²) < 4.78 is 17.8. The van der Waals surface area contributed by atoms with Crippen LogP contribution in [-0.4, -0.2) is 18.2 Å². The lowest BCUT2D eigenvalue weighted by molar-refractivity contribution is -0.152. The van der Waals surface area contributed by atoms with E-state index >= 15 is 0 Å². The minimum atomic E-state index is -1.07. The van der Waals surface area contributed by atoms with Crippen LogP contribution in [0.2, 0.25) is 0 Å². The summed E-state index contributed by atoms with van der Waals surface area (Å²) in [6.07, 6.45) is 0. The normalized spacial score (nSPS) is 13.2. The Bertz CT molecular complexity index is 475. The Labute approximate surface area is 105 Å². The molecule has 0 spiro atoms. The quantitative estimate of drug-likeness (QED) is 0.430. The van der Waals surface area contributed by atoms with Gasteiger partial charge in [-0.2, -0.15) is 0 Å². The summed E-state index contributed by atoms with van der Waals surface area (Å²) >= 11 is 0. The predicted octanol–water partition coefficient (Wildman–Crippen LogP) is 1.31. The van der Waals surface area contributed by atoms with Crippen molar-refractivity contribution in [1.29, 1.82) is 0 Å². The maximum atomic E-state index is 13.1. The third kappa shape index (κ3) is 2.24. The number of carbonyl (C=O) groups excluding carboxylic acids is 1. The first-order valence-electron chi connectivity index (χ1n) is 5.34. The van der Waals surface area contributed by atoms with E-state index in [-0.39, 0.29) is 11.3 Å². The zero-order valence-electron chi connectivity index (χ0n) is 10.5. The van der Waals surface area contributed by atoms with Gasteiger partial charge in [0.1, 0.15) is 17.3 Å². The van der Waals surface area contributed by atoms with Gasteiger partial charge >= 0.3 is 5.97 Å². The largest absolute Gasteiger partial charge is 0.505 e.